The van der Waals surface area contributed by atoms with E-state index in [4.69, 9.17) is 23.2 Å². The van der Waals surface area contributed by atoms with Crippen LogP contribution in [0.25, 0.3) is 0 Å². The third-order valence-electron chi connectivity index (χ3n) is 3.82. The van der Waals surface area contributed by atoms with Crippen molar-refractivity contribution in [2.24, 2.45) is 0 Å². The molecule has 22 heavy (non-hydrogen) atoms. The summed E-state index contributed by atoms with van der Waals surface area (Å²) in [5.74, 6) is -0.666. The van der Waals surface area contributed by atoms with Gasteiger partial charge in [0.05, 0.1) is 0 Å². The van der Waals surface area contributed by atoms with Gasteiger partial charge in [-0.1, -0.05) is 49.2 Å². The number of aromatic nitrogens is 2. The van der Waals surface area contributed by atoms with E-state index in [1.807, 2.05) is 52.0 Å². The number of hydrogen-bond acceptors (Lipinski definition) is 3. The molecule has 2 unspecified atom stereocenters. The van der Waals surface area contributed by atoms with Crippen molar-refractivity contribution in [2.75, 3.05) is 0 Å². The van der Waals surface area contributed by atoms with Crippen molar-refractivity contribution in [3.8, 4) is 0 Å². The maximum atomic E-state index is 12.7. The number of hydrogen-bond donors (Lipinski definition) is 0. The van der Waals surface area contributed by atoms with Crippen molar-refractivity contribution >= 4 is 29.0 Å². The highest BCUT2D eigenvalue weighted by Crippen LogP contribution is 2.31. The average molecular weight is 337 g/mol. The largest absolute Gasteiger partial charge is 0.298 e. The van der Waals surface area contributed by atoms with Crippen molar-refractivity contribution < 1.29 is 4.79 Å². The molecule has 2 aromatic heterocycles. The van der Waals surface area contributed by atoms with E-state index in [9.17, 15) is 4.79 Å². The Labute approximate surface area is 140 Å². The van der Waals surface area contributed by atoms with E-state index in [2.05, 4.69) is 9.97 Å². The summed E-state index contributed by atoms with van der Waals surface area (Å²) in [6, 6.07) is 7.43. The lowest BCUT2D eigenvalue weighted by atomic mass is 9.87. The van der Waals surface area contributed by atoms with Crippen molar-refractivity contribution in [1.29, 1.82) is 0 Å². The van der Waals surface area contributed by atoms with E-state index >= 15 is 0 Å². The van der Waals surface area contributed by atoms with Crippen LogP contribution in [0.4, 0.5) is 0 Å². The molecule has 0 spiro atoms. The van der Waals surface area contributed by atoms with Gasteiger partial charge in [0.25, 0.3) is 0 Å². The summed E-state index contributed by atoms with van der Waals surface area (Å²) in [6.07, 6.45) is 0. The highest BCUT2D eigenvalue weighted by Gasteiger charge is 2.26. The van der Waals surface area contributed by atoms with Gasteiger partial charge >= 0.3 is 0 Å². The van der Waals surface area contributed by atoms with Crippen LogP contribution in [0.3, 0.4) is 0 Å². The second-order valence-electron chi connectivity index (χ2n) is 5.51. The first-order chi connectivity index (χ1) is 10.3. The minimum absolute atomic E-state index is 0.0418. The highest BCUT2D eigenvalue weighted by molar-refractivity contribution is 6.31. The maximum absolute atomic E-state index is 12.7. The Balaban J connectivity index is 2.29. The number of aryl methyl sites for hydroxylation is 2. The van der Waals surface area contributed by atoms with E-state index < -0.39 is 0 Å². The Morgan fingerprint density at radius 2 is 1.23 bits per heavy atom. The summed E-state index contributed by atoms with van der Waals surface area (Å²) in [5.41, 5.74) is 3.13. The summed E-state index contributed by atoms with van der Waals surface area (Å²) in [4.78, 5) is 21.2. The Kier molecular flexibility index (Phi) is 5.20. The first-order valence-electron chi connectivity index (χ1n) is 7.11. The Morgan fingerprint density at radius 1 is 0.864 bits per heavy atom. The van der Waals surface area contributed by atoms with Crippen LogP contribution in [-0.4, -0.2) is 15.8 Å². The maximum Gasteiger partial charge on any atom is 0.147 e. The molecule has 0 aliphatic carbocycles. The Bertz CT molecular complexity index is 656. The molecule has 0 saturated heterocycles. The topological polar surface area (TPSA) is 42.9 Å². The second kappa shape index (κ2) is 6.76. The third kappa shape index (κ3) is 3.47. The quantitative estimate of drug-likeness (QED) is 0.747. The summed E-state index contributed by atoms with van der Waals surface area (Å²) in [7, 11) is 0. The lowest BCUT2D eigenvalue weighted by Gasteiger charge is -2.18. The lowest BCUT2D eigenvalue weighted by Crippen LogP contribution is -2.18. The molecular weight excluding hydrogens is 319 g/mol. The molecule has 5 heteroatoms. The molecule has 0 fully saturated rings. The SMILES string of the molecule is Cc1ccc(C(C)C(=O)C(C)c2ccc(C)nc2Cl)c(Cl)n1. The summed E-state index contributed by atoms with van der Waals surface area (Å²) in [6.45, 7) is 7.41. The monoisotopic (exact) mass is 336 g/mol. The summed E-state index contributed by atoms with van der Waals surface area (Å²) < 4.78 is 0. The normalized spacial score (nSPS) is 13.7. The fourth-order valence-corrected chi connectivity index (χ4v) is 3.12. The standard InChI is InChI=1S/C17H18Cl2N2O/c1-9-5-7-13(16(18)20-9)11(3)15(22)12(4)14-8-6-10(2)21-17(14)19/h5-8,11-12H,1-4H3. The molecule has 0 bridgehead atoms. The lowest BCUT2D eigenvalue weighted by molar-refractivity contribution is -0.121. The zero-order valence-electron chi connectivity index (χ0n) is 13.0. The summed E-state index contributed by atoms with van der Waals surface area (Å²) in [5, 5.41) is 0.752. The molecule has 0 aromatic carbocycles. The molecule has 2 heterocycles. The number of carbonyl (C=O) groups is 1. The van der Waals surface area contributed by atoms with Gasteiger partial charge in [0.2, 0.25) is 0 Å². The van der Waals surface area contributed by atoms with Crippen LogP contribution < -0.4 is 0 Å². The number of ketones is 1. The molecule has 0 radical (unpaired) electrons. The minimum atomic E-state index is -0.354. The molecule has 2 rings (SSSR count). The van der Waals surface area contributed by atoms with Crippen LogP contribution in [0.5, 0.6) is 0 Å². The molecule has 116 valence electrons. The van der Waals surface area contributed by atoms with Crippen LogP contribution >= 0.6 is 23.2 Å². The number of carbonyl (C=O) groups excluding carboxylic acids is 1. The second-order valence-corrected chi connectivity index (χ2v) is 6.23. The van der Waals surface area contributed by atoms with E-state index in [1.165, 1.54) is 0 Å². The van der Waals surface area contributed by atoms with E-state index in [0.29, 0.717) is 10.3 Å². The van der Waals surface area contributed by atoms with Crippen molar-refractivity contribution in [2.45, 2.75) is 39.5 Å². The van der Waals surface area contributed by atoms with Gasteiger partial charge < -0.3 is 0 Å². The minimum Gasteiger partial charge on any atom is -0.298 e. The Morgan fingerprint density at radius 3 is 1.55 bits per heavy atom. The molecule has 0 aliphatic rings. The molecular formula is C17H18Cl2N2O. The van der Waals surface area contributed by atoms with Crippen molar-refractivity contribution in [3.05, 3.63) is 57.1 Å². The molecule has 0 N–H and O–H groups in total. The van der Waals surface area contributed by atoms with Gasteiger partial charge in [-0.2, -0.15) is 0 Å². The van der Waals surface area contributed by atoms with Gasteiger partial charge in [-0.25, -0.2) is 9.97 Å². The fourth-order valence-electron chi connectivity index (χ4n) is 2.40. The van der Waals surface area contributed by atoms with E-state index in [1.54, 1.807) is 0 Å². The molecule has 2 atom stereocenters. The predicted molar refractivity (Wildman–Crippen MR) is 89.8 cm³/mol. The predicted octanol–water partition coefficient (Wildman–Crippen LogP) is 4.88. The zero-order chi connectivity index (χ0) is 16.4. The van der Waals surface area contributed by atoms with Gasteiger partial charge in [-0.3, -0.25) is 4.79 Å². The molecule has 0 saturated carbocycles. The van der Waals surface area contributed by atoms with Crippen LogP contribution in [0.1, 0.15) is 48.2 Å². The van der Waals surface area contributed by atoms with Crippen LogP contribution in [0.15, 0.2) is 24.3 Å². The first-order valence-corrected chi connectivity index (χ1v) is 7.86. The smallest absolute Gasteiger partial charge is 0.147 e. The van der Waals surface area contributed by atoms with Gasteiger partial charge in [0.1, 0.15) is 16.1 Å². The van der Waals surface area contributed by atoms with Gasteiger partial charge in [-0.05, 0) is 37.1 Å². The number of pyridine rings is 2. The molecule has 0 aliphatic heterocycles. The third-order valence-corrected chi connectivity index (χ3v) is 4.43. The zero-order valence-corrected chi connectivity index (χ0v) is 14.5. The van der Waals surface area contributed by atoms with Crippen LogP contribution in [0.2, 0.25) is 10.3 Å². The first kappa shape index (κ1) is 16.9. The number of Topliss-reactive ketones (excluding diaryl/α,β-unsaturated/α-hetero) is 1. The highest BCUT2D eigenvalue weighted by atomic mass is 35.5. The van der Waals surface area contributed by atoms with Gasteiger partial charge in [-0.15, -0.1) is 0 Å². The van der Waals surface area contributed by atoms with Crippen LogP contribution in [0, 0.1) is 13.8 Å². The molecule has 2 aromatic rings. The van der Waals surface area contributed by atoms with Gasteiger partial charge in [0, 0.05) is 23.2 Å². The van der Waals surface area contributed by atoms with Crippen molar-refractivity contribution in [1.82, 2.24) is 9.97 Å². The van der Waals surface area contributed by atoms with Gasteiger partial charge in [0.15, 0.2) is 0 Å². The summed E-state index contributed by atoms with van der Waals surface area (Å²) >= 11 is 12.3. The fraction of sp³-hybridized carbons (Fsp3) is 0.353. The number of rotatable bonds is 4. The van der Waals surface area contributed by atoms with Crippen LogP contribution in [-0.2, 0) is 4.79 Å². The van der Waals surface area contributed by atoms with Crippen molar-refractivity contribution in [3.63, 3.8) is 0 Å². The Hall–Kier alpha value is -1.45. The molecule has 0 amide bonds. The number of halogens is 2. The average Bonchev–Trinajstić information content (AvgIpc) is 2.45. The van der Waals surface area contributed by atoms with E-state index in [-0.39, 0.29) is 17.6 Å². The number of nitrogens with zero attached hydrogens (tertiary/aromatic N) is 2. The molecule has 3 nitrogen and oxygen atoms in total. The van der Waals surface area contributed by atoms with E-state index in [0.717, 1.165) is 22.5 Å².